The molecule has 0 aliphatic carbocycles. The lowest BCUT2D eigenvalue weighted by atomic mass is 10.2. The quantitative estimate of drug-likeness (QED) is 0.533. The van der Waals surface area contributed by atoms with Gasteiger partial charge in [0.2, 0.25) is 0 Å². The van der Waals surface area contributed by atoms with Crippen LogP contribution >= 0.6 is 24.2 Å². The molecule has 17 heteroatoms. The summed E-state index contributed by atoms with van der Waals surface area (Å²) in [5, 5.41) is 10.0. The van der Waals surface area contributed by atoms with Crippen LogP contribution in [-0.2, 0) is 31.3 Å². The van der Waals surface area contributed by atoms with Crippen LogP contribution in [0.4, 0.5) is 5.82 Å². The van der Waals surface area contributed by atoms with Crippen molar-refractivity contribution in [2.45, 2.75) is 24.9 Å². The molecule has 1 aromatic heterocycles. The normalized spacial score (nSPS) is 40.6. The predicted octanol–water partition coefficient (Wildman–Crippen LogP) is -1.28. The van der Waals surface area contributed by atoms with E-state index in [2.05, 4.69) is 17.9 Å². The molecule has 2 saturated heterocycles. The summed E-state index contributed by atoms with van der Waals surface area (Å²) in [5.74, 6) is 0.0189. The molecule has 2 aliphatic heterocycles. The average molecular weight is 431 g/mol. The van der Waals surface area contributed by atoms with Gasteiger partial charge in [0.1, 0.15) is 18.1 Å². The van der Waals surface area contributed by atoms with Gasteiger partial charge in [0.05, 0.1) is 12.7 Å². The van der Waals surface area contributed by atoms with E-state index in [4.69, 9.17) is 15.0 Å². The van der Waals surface area contributed by atoms with Gasteiger partial charge in [-0.25, -0.2) is 17.7 Å². The van der Waals surface area contributed by atoms with E-state index in [1.165, 1.54) is 12.3 Å². The largest absolute Gasteiger partial charge is 0.756 e. The smallest absolute Gasteiger partial charge is 0.351 e. The van der Waals surface area contributed by atoms with Gasteiger partial charge in [-0.2, -0.15) is 4.98 Å². The Balaban J connectivity index is 1.62. The summed E-state index contributed by atoms with van der Waals surface area (Å²) in [6, 6.07) is 1.37. The van der Waals surface area contributed by atoms with Crippen LogP contribution in [0.2, 0.25) is 0 Å². The molecule has 2 aliphatic rings. The second-order valence-corrected chi connectivity index (χ2v) is 9.59. The molecule has 146 valence electrons. The van der Waals surface area contributed by atoms with Crippen LogP contribution in [0.3, 0.4) is 0 Å². The van der Waals surface area contributed by atoms with Crippen molar-refractivity contribution in [2.75, 3.05) is 12.3 Å². The van der Waals surface area contributed by atoms with Crippen molar-refractivity contribution in [3.05, 3.63) is 22.7 Å². The van der Waals surface area contributed by atoms with Gasteiger partial charge < -0.3 is 29.9 Å². The Morgan fingerprint density at radius 1 is 1.42 bits per heavy atom. The lowest BCUT2D eigenvalue weighted by molar-refractivity contribution is -0.240. The molecule has 14 nitrogen and oxygen atoms in total. The first kappa shape index (κ1) is 20.0. The van der Waals surface area contributed by atoms with Crippen LogP contribution in [0.5, 0.6) is 0 Å². The predicted molar refractivity (Wildman–Crippen MR) is 78.8 cm³/mol. The Bertz CT molecular complexity index is 809. The molecule has 3 heterocycles. The molecule has 3 N–H and O–H groups in total. The van der Waals surface area contributed by atoms with Crippen molar-refractivity contribution in [3.8, 4) is 0 Å². The minimum atomic E-state index is -5.13. The molecule has 0 amide bonds. The Morgan fingerprint density at radius 3 is 2.69 bits per heavy atom. The Kier molecular flexibility index (Phi) is 5.65. The average Bonchev–Trinajstić information content (AvgIpc) is 2.82. The van der Waals surface area contributed by atoms with E-state index >= 15 is 0 Å². The van der Waals surface area contributed by atoms with Gasteiger partial charge in [-0.1, -0.05) is 0 Å². The van der Waals surface area contributed by atoms with Gasteiger partial charge in [-0.15, -0.1) is 0 Å². The maximum Gasteiger partial charge on any atom is 0.351 e. The number of anilines is 1. The lowest BCUT2D eigenvalue weighted by Gasteiger charge is -2.38. The third-order valence-electron chi connectivity index (χ3n) is 3.24. The molecule has 5 unspecified atom stereocenters. The van der Waals surface area contributed by atoms with E-state index in [-0.39, 0.29) is 12.2 Å². The number of aliphatic hydroxyl groups excluding tert-OH is 1. The molecule has 3 rings (SSSR count). The standard InChI is InChI=1S/C9H14N3O11P3/c10-7-1-2-12(9(14)11-7)8-3-5(13)6(20-8)4-19-24-21-25(15,16)23-26(17,18)22-24/h1-2,5-6,8,13H,3-4H2,(H,15,16)(H,17,18)(H2,10,11,14)/p-2. The number of phosphoric acid groups is 2. The zero-order valence-corrected chi connectivity index (χ0v) is 15.3. The fourth-order valence-electron chi connectivity index (χ4n) is 2.19. The minimum Gasteiger partial charge on any atom is -0.756 e. The van der Waals surface area contributed by atoms with E-state index in [9.17, 15) is 28.8 Å². The van der Waals surface area contributed by atoms with Crippen LogP contribution in [0.15, 0.2) is 17.1 Å². The first-order chi connectivity index (χ1) is 12.0. The Labute approximate surface area is 146 Å². The summed E-state index contributed by atoms with van der Waals surface area (Å²) in [7, 11) is -13.1. The van der Waals surface area contributed by atoms with Gasteiger partial charge in [0.15, 0.2) is 0 Å². The fraction of sp³-hybridized carbons (Fsp3) is 0.556. The Morgan fingerprint density at radius 2 is 2.08 bits per heavy atom. The van der Waals surface area contributed by atoms with Crippen molar-refractivity contribution in [2.24, 2.45) is 0 Å². The highest BCUT2D eigenvalue weighted by Gasteiger charge is 2.40. The third-order valence-corrected chi connectivity index (χ3v) is 7.87. The molecule has 0 saturated carbocycles. The van der Waals surface area contributed by atoms with Gasteiger partial charge in [0, 0.05) is 12.6 Å². The molecule has 2 fully saturated rings. The zero-order chi connectivity index (χ0) is 19.1. The molecule has 5 atom stereocenters. The van der Waals surface area contributed by atoms with Crippen molar-refractivity contribution < 1.29 is 46.2 Å². The maximum atomic E-state index is 11.8. The summed E-state index contributed by atoms with van der Waals surface area (Å²) < 4.78 is 46.0. The number of aliphatic hydroxyl groups is 1. The minimum absolute atomic E-state index is 0.00236. The zero-order valence-electron chi connectivity index (χ0n) is 12.6. The molecule has 0 aromatic carbocycles. The van der Waals surface area contributed by atoms with E-state index in [0.717, 1.165) is 4.57 Å². The molecular weight excluding hydrogens is 419 g/mol. The molecule has 0 radical (unpaired) electrons. The summed E-state index contributed by atoms with van der Waals surface area (Å²) in [6.45, 7) is -0.472. The Hall–Kier alpha value is -0.750. The highest BCUT2D eigenvalue weighted by molar-refractivity contribution is 7.71. The highest BCUT2D eigenvalue weighted by Crippen LogP contribution is 2.73. The first-order valence-corrected chi connectivity index (χ1v) is 10.9. The lowest BCUT2D eigenvalue weighted by Crippen LogP contribution is -2.28. The summed E-state index contributed by atoms with van der Waals surface area (Å²) in [5.41, 5.74) is 4.70. The number of nitrogen functional groups attached to an aromatic ring is 1. The monoisotopic (exact) mass is 431 g/mol. The van der Waals surface area contributed by atoms with Crippen LogP contribution in [-0.4, -0.2) is 33.5 Å². The van der Waals surface area contributed by atoms with Crippen molar-refractivity contribution in [1.82, 2.24) is 9.55 Å². The van der Waals surface area contributed by atoms with Crippen molar-refractivity contribution in [1.29, 1.82) is 0 Å². The number of rotatable bonds is 4. The fourth-order valence-corrected chi connectivity index (χ4v) is 6.29. The van der Waals surface area contributed by atoms with Gasteiger partial charge in [-0.05, 0) is 6.07 Å². The van der Waals surface area contributed by atoms with Gasteiger partial charge >= 0.3 is 14.3 Å². The highest BCUT2D eigenvalue weighted by atomic mass is 31.3. The van der Waals surface area contributed by atoms with Gasteiger partial charge in [0.25, 0.3) is 15.6 Å². The second-order valence-electron chi connectivity index (χ2n) is 5.13. The summed E-state index contributed by atoms with van der Waals surface area (Å²) in [4.78, 5) is 37.7. The third kappa shape index (κ3) is 4.75. The van der Waals surface area contributed by atoms with Crippen LogP contribution in [0, 0.1) is 0 Å². The molecule has 0 bridgehead atoms. The summed E-state index contributed by atoms with van der Waals surface area (Å²) in [6.07, 6.45) is -1.65. The van der Waals surface area contributed by atoms with Crippen LogP contribution in [0.1, 0.15) is 12.6 Å². The van der Waals surface area contributed by atoms with Crippen LogP contribution < -0.4 is 21.2 Å². The topological polar surface area (TPSA) is 208 Å². The number of hydrogen-bond acceptors (Lipinski definition) is 13. The molecule has 26 heavy (non-hydrogen) atoms. The maximum absolute atomic E-state index is 11.8. The van der Waals surface area contributed by atoms with E-state index < -0.39 is 55.0 Å². The van der Waals surface area contributed by atoms with Crippen molar-refractivity contribution in [3.63, 3.8) is 0 Å². The van der Waals surface area contributed by atoms with Crippen molar-refractivity contribution >= 4 is 30.1 Å². The van der Waals surface area contributed by atoms with Gasteiger partial charge in [-0.3, -0.25) is 13.7 Å². The first-order valence-electron chi connectivity index (χ1n) is 6.89. The van der Waals surface area contributed by atoms with E-state index in [1.54, 1.807) is 0 Å². The van der Waals surface area contributed by atoms with E-state index in [0.29, 0.717) is 0 Å². The number of nitrogens with two attached hydrogens (primary N) is 1. The molecular formula is C9H12N3O11P3-2. The summed E-state index contributed by atoms with van der Waals surface area (Å²) >= 11 is 0. The second kappa shape index (κ2) is 7.34. The van der Waals surface area contributed by atoms with Crippen LogP contribution in [0.25, 0.3) is 0 Å². The number of hydrogen-bond donors (Lipinski definition) is 2. The number of aromatic nitrogens is 2. The molecule has 1 aromatic rings. The molecule has 0 spiro atoms. The number of ether oxygens (including phenoxy) is 1. The SMILES string of the molecule is Nc1ccn(C2CC(O)C(COP3OP(=O)([O-])OP(=O)([O-])O3)O2)c(=O)n1. The van der Waals surface area contributed by atoms with E-state index in [1.807, 2.05) is 0 Å². The number of nitrogens with zero attached hydrogens (tertiary/aromatic N) is 2.